The molecule has 1 saturated carbocycles. The number of alkyl halides is 1. The first-order chi connectivity index (χ1) is 13.6. The number of carbonyl (C=O) groups is 1. The van der Waals surface area contributed by atoms with E-state index in [4.69, 9.17) is 9.47 Å². The van der Waals surface area contributed by atoms with Gasteiger partial charge in [-0.3, -0.25) is 9.71 Å². The Morgan fingerprint density at radius 3 is 2.82 bits per heavy atom. The zero-order chi connectivity index (χ0) is 19.9. The summed E-state index contributed by atoms with van der Waals surface area (Å²) in [5, 5.41) is 10.7. The van der Waals surface area contributed by atoms with Crippen LogP contribution in [0.1, 0.15) is 44.2 Å². The third-order valence-corrected chi connectivity index (χ3v) is 4.68. The zero-order valence-corrected chi connectivity index (χ0v) is 16.3. The van der Waals surface area contributed by atoms with E-state index in [1.165, 1.54) is 23.9 Å². The number of aryl methyl sites for hydroxylation is 2. The van der Waals surface area contributed by atoms with Crippen LogP contribution in [0.2, 0.25) is 0 Å². The van der Waals surface area contributed by atoms with Gasteiger partial charge in [0, 0.05) is 13.5 Å². The molecule has 1 fully saturated rings. The molecule has 1 aliphatic carbocycles. The van der Waals surface area contributed by atoms with E-state index >= 15 is 0 Å². The summed E-state index contributed by atoms with van der Waals surface area (Å²) in [5.41, 5.74) is 1.75. The predicted molar refractivity (Wildman–Crippen MR) is 102 cm³/mol. The van der Waals surface area contributed by atoms with Crippen LogP contribution in [0, 0.1) is 6.92 Å². The quantitative estimate of drug-likeness (QED) is 0.722. The fraction of sp³-hybridized carbons (Fsp3) is 0.579. The van der Waals surface area contributed by atoms with Crippen LogP contribution in [0.4, 0.5) is 15.0 Å². The summed E-state index contributed by atoms with van der Waals surface area (Å²) >= 11 is 0. The van der Waals surface area contributed by atoms with E-state index in [0.717, 1.165) is 24.3 Å². The first-order valence-electron chi connectivity index (χ1n) is 9.62. The van der Waals surface area contributed by atoms with E-state index in [9.17, 15) is 9.18 Å². The number of nitrogens with one attached hydrogen (secondary N) is 1. The van der Waals surface area contributed by atoms with E-state index in [2.05, 4.69) is 20.6 Å². The van der Waals surface area contributed by atoms with Crippen molar-refractivity contribution in [2.24, 2.45) is 7.05 Å². The SMILES string of the molecule is Cc1nc(-c2nnn(C)c2NC(=O)OCCCF)ccc1OC1CCCCC1. The molecule has 0 saturated heterocycles. The molecule has 152 valence electrons. The van der Waals surface area contributed by atoms with Crippen molar-refractivity contribution in [2.45, 2.75) is 51.6 Å². The molecule has 28 heavy (non-hydrogen) atoms. The molecule has 0 bridgehead atoms. The molecule has 2 heterocycles. The summed E-state index contributed by atoms with van der Waals surface area (Å²) in [6.07, 6.45) is 5.54. The highest BCUT2D eigenvalue weighted by Crippen LogP contribution is 2.29. The van der Waals surface area contributed by atoms with Crippen molar-refractivity contribution in [3.8, 4) is 17.1 Å². The molecule has 2 aromatic rings. The number of ether oxygens (including phenoxy) is 2. The van der Waals surface area contributed by atoms with Crippen LogP contribution in [0.3, 0.4) is 0 Å². The van der Waals surface area contributed by atoms with Crippen molar-refractivity contribution in [3.63, 3.8) is 0 Å². The fourth-order valence-electron chi connectivity index (χ4n) is 3.19. The molecule has 9 heteroatoms. The molecule has 0 atom stereocenters. The lowest BCUT2D eigenvalue weighted by Gasteiger charge is -2.23. The molecule has 0 spiro atoms. The highest BCUT2D eigenvalue weighted by Gasteiger charge is 2.20. The van der Waals surface area contributed by atoms with Gasteiger partial charge in [0.15, 0.2) is 11.5 Å². The highest BCUT2D eigenvalue weighted by molar-refractivity contribution is 5.88. The molecule has 1 N–H and O–H groups in total. The number of halogens is 1. The Labute approximate surface area is 163 Å². The second-order valence-corrected chi connectivity index (χ2v) is 6.87. The lowest BCUT2D eigenvalue weighted by atomic mass is 9.98. The topological polar surface area (TPSA) is 91.2 Å². The van der Waals surface area contributed by atoms with Crippen LogP contribution in [-0.2, 0) is 11.8 Å². The fourth-order valence-corrected chi connectivity index (χ4v) is 3.19. The molecule has 0 aliphatic heterocycles. The molecule has 1 aliphatic rings. The third-order valence-electron chi connectivity index (χ3n) is 4.68. The highest BCUT2D eigenvalue weighted by atomic mass is 19.1. The number of nitrogens with zero attached hydrogens (tertiary/aromatic N) is 4. The lowest BCUT2D eigenvalue weighted by molar-refractivity contribution is 0.153. The number of aromatic nitrogens is 4. The summed E-state index contributed by atoms with van der Waals surface area (Å²) in [5.74, 6) is 1.12. The molecule has 8 nitrogen and oxygen atoms in total. The van der Waals surface area contributed by atoms with Crippen molar-refractivity contribution in [1.82, 2.24) is 20.0 Å². The first-order valence-corrected chi connectivity index (χ1v) is 9.62. The van der Waals surface area contributed by atoms with Crippen LogP contribution < -0.4 is 10.1 Å². The van der Waals surface area contributed by atoms with Gasteiger partial charge < -0.3 is 9.47 Å². The van der Waals surface area contributed by atoms with Crippen LogP contribution in [-0.4, -0.2) is 45.5 Å². The standard InChI is InChI=1S/C19H26FN5O3/c1-13-16(28-14-7-4-3-5-8-14)10-9-15(21-13)17-18(25(2)24-23-17)22-19(26)27-12-6-11-20/h9-10,14H,3-8,11-12H2,1-2H3,(H,22,26). The predicted octanol–water partition coefficient (Wildman–Crippen LogP) is 3.81. The van der Waals surface area contributed by atoms with Gasteiger partial charge in [0.05, 0.1) is 30.8 Å². The molecule has 0 unspecified atom stereocenters. The summed E-state index contributed by atoms with van der Waals surface area (Å²) in [4.78, 5) is 16.5. The van der Waals surface area contributed by atoms with Crippen LogP contribution in [0.25, 0.3) is 11.4 Å². The second kappa shape index (κ2) is 9.48. The van der Waals surface area contributed by atoms with Crippen molar-refractivity contribution in [3.05, 3.63) is 17.8 Å². The molecule has 0 aromatic carbocycles. The zero-order valence-electron chi connectivity index (χ0n) is 16.3. The number of pyridine rings is 1. The van der Waals surface area contributed by atoms with Gasteiger partial charge in [0.1, 0.15) is 5.75 Å². The van der Waals surface area contributed by atoms with E-state index in [-0.39, 0.29) is 19.1 Å². The Morgan fingerprint density at radius 2 is 2.11 bits per heavy atom. The van der Waals surface area contributed by atoms with E-state index < -0.39 is 12.8 Å². The molecule has 3 rings (SSSR count). The summed E-state index contributed by atoms with van der Waals surface area (Å²) in [6.45, 7) is 1.36. The Hall–Kier alpha value is -2.71. The molecule has 0 radical (unpaired) electrons. The number of hydrogen-bond acceptors (Lipinski definition) is 6. The first kappa shape index (κ1) is 20.0. The minimum absolute atomic E-state index is 0.00745. The van der Waals surface area contributed by atoms with Gasteiger partial charge in [0.2, 0.25) is 0 Å². The van der Waals surface area contributed by atoms with Crippen molar-refractivity contribution >= 4 is 11.9 Å². The van der Waals surface area contributed by atoms with Gasteiger partial charge in [-0.1, -0.05) is 11.6 Å². The van der Waals surface area contributed by atoms with E-state index in [0.29, 0.717) is 17.2 Å². The molecule has 1 amide bonds. The van der Waals surface area contributed by atoms with Crippen LogP contribution in [0.5, 0.6) is 5.75 Å². The molecular weight excluding hydrogens is 365 g/mol. The minimum Gasteiger partial charge on any atom is -0.489 e. The third kappa shape index (κ3) is 4.96. The van der Waals surface area contributed by atoms with Gasteiger partial charge in [-0.2, -0.15) is 0 Å². The van der Waals surface area contributed by atoms with Gasteiger partial charge >= 0.3 is 6.09 Å². The van der Waals surface area contributed by atoms with Crippen molar-refractivity contribution < 1.29 is 18.7 Å². The van der Waals surface area contributed by atoms with Gasteiger partial charge in [-0.15, -0.1) is 5.10 Å². The Morgan fingerprint density at radius 1 is 1.32 bits per heavy atom. The number of rotatable bonds is 7. The summed E-state index contributed by atoms with van der Waals surface area (Å²) < 4.78 is 24.6. The van der Waals surface area contributed by atoms with Gasteiger partial charge in [0.25, 0.3) is 0 Å². The van der Waals surface area contributed by atoms with E-state index in [1.807, 2.05) is 13.0 Å². The lowest BCUT2D eigenvalue weighted by Crippen LogP contribution is -2.20. The average Bonchev–Trinajstić information content (AvgIpc) is 3.05. The van der Waals surface area contributed by atoms with Gasteiger partial charge in [-0.25, -0.2) is 14.5 Å². The Kier molecular flexibility index (Phi) is 6.78. The molecular formula is C19H26FN5O3. The number of amides is 1. The van der Waals surface area contributed by atoms with E-state index in [1.54, 1.807) is 13.1 Å². The number of hydrogen-bond donors (Lipinski definition) is 1. The number of carbonyl (C=O) groups excluding carboxylic acids is 1. The van der Waals surface area contributed by atoms with Crippen LogP contribution in [0.15, 0.2) is 12.1 Å². The molecule has 2 aromatic heterocycles. The normalized spacial score (nSPS) is 14.7. The van der Waals surface area contributed by atoms with Crippen molar-refractivity contribution in [2.75, 3.05) is 18.6 Å². The maximum atomic E-state index is 12.1. The van der Waals surface area contributed by atoms with Crippen LogP contribution >= 0.6 is 0 Å². The maximum Gasteiger partial charge on any atom is 0.412 e. The van der Waals surface area contributed by atoms with Gasteiger partial charge in [-0.05, 0) is 44.7 Å². The smallest absolute Gasteiger partial charge is 0.412 e. The minimum atomic E-state index is -0.686. The summed E-state index contributed by atoms with van der Waals surface area (Å²) in [6, 6.07) is 3.68. The second-order valence-electron chi connectivity index (χ2n) is 6.87. The largest absolute Gasteiger partial charge is 0.489 e. The summed E-state index contributed by atoms with van der Waals surface area (Å²) in [7, 11) is 1.65. The van der Waals surface area contributed by atoms with Crippen molar-refractivity contribution in [1.29, 1.82) is 0 Å². The monoisotopic (exact) mass is 391 g/mol. The Bertz CT molecular complexity index is 805. The average molecular weight is 391 g/mol. The Balaban J connectivity index is 1.72. The number of anilines is 1. The maximum absolute atomic E-state index is 12.1.